The van der Waals surface area contributed by atoms with Gasteiger partial charge in [-0.2, -0.15) is 0 Å². The van der Waals surface area contributed by atoms with Crippen molar-refractivity contribution in [2.24, 2.45) is 0 Å². The van der Waals surface area contributed by atoms with Gasteiger partial charge in [-0.25, -0.2) is 0 Å². The molecular weight excluding hydrogens is 496 g/mol. The van der Waals surface area contributed by atoms with Crippen molar-refractivity contribution in [1.29, 1.82) is 0 Å². The van der Waals surface area contributed by atoms with Crippen molar-refractivity contribution in [2.75, 3.05) is 32.7 Å². The van der Waals surface area contributed by atoms with E-state index in [0.29, 0.717) is 22.7 Å². The molecular formula is C30H31ClN6O. The van der Waals surface area contributed by atoms with Crippen LogP contribution in [0.5, 0.6) is 0 Å². The first-order valence-corrected chi connectivity index (χ1v) is 13.6. The molecule has 38 heavy (non-hydrogen) atoms. The zero-order valence-corrected chi connectivity index (χ0v) is 22.3. The molecule has 8 heteroatoms. The van der Waals surface area contributed by atoms with Crippen LogP contribution in [0.4, 0.5) is 0 Å². The van der Waals surface area contributed by atoms with Gasteiger partial charge in [0.1, 0.15) is 5.82 Å². The van der Waals surface area contributed by atoms with E-state index in [1.54, 1.807) is 16.7 Å². The number of rotatable bonds is 7. The molecule has 1 aliphatic rings. The van der Waals surface area contributed by atoms with Crippen molar-refractivity contribution < 1.29 is 0 Å². The number of halogens is 1. The van der Waals surface area contributed by atoms with Gasteiger partial charge in [0.05, 0.1) is 16.9 Å². The van der Waals surface area contributed by atoms with Crippen molar-refractivity contribution in [3.63, 3.8) is 0 Å². The zero-order chi connectivity index (χ0) is 26.1. The Morgan fingerprint density at radius 3 is 2.16 bits per heavy atom. The van der Waals surface area contributed by atoms with Crippen LogP contribution in [0, 0.1) is 6.92 Å². The number of hydrogen-bond donors (Lipinski definition) is 0. The monoisotopic (exact) mass is 526 g/mol. The predicted molar refractivity (Wildman–Crippen MR) is 152 cm³/mol. The number of fused-ring (bicyclic) bond motifs is 3. The average molecular weight is 527 g/mol. The maximum absolute atomic E-state index is 13.4. The highest BCUT2D eigenvalue weighted by molar-refractivity contribution is 6.31. The van der Waals surface area contributed by atoms with Gasteiger partial charge < -0.3 is 4.90 Å². The van der Waals surface area contributed by atoms with E-state index in [2.05, 4.69) is 80.7 Å². The van der Waals surface area contributed by atoms with Gasteiger partial charge in [-0.05, 0) is 49.2 Å². The highest BCUT2D eigenvalue weighted by Crippen LogP contribution is 2.29. The van der Waals surface area contributed by atoms with Crippen LogP contribution in [0.1, 0.15) is 29.4 Å². The number of aromatic nitrogens is 4. The third-order valence-electron chi connectivity index (χ3n) is 7.58. The summed E-state index contributed by atoms with van der Waals surface area (Å²) >= 11 is 6.23. The number of piperazine rings is 1. The van der Waals surface area contributed by atoms with Gasteiger partial charge in [0.15, 0.2) is 0 Å². The minimum atomic E-state index is -0.0687. The van der Waals surface area contributed by atoms with E-state index in [1.807, 2.05) is 17.4 Å². The lowest BCUT2D eigenvalue weighted by molar-refractivity contribution is 0.108. The van der Waals surface area contributed by atoms with E-state index < -0.39 is 0 Å². The van der Waals surface area contributed by atoms with Crippen LogP contribution >= 0.6 is 11.6 Å². The Morgan fingerprint density at radius 1 is 0.842 bits per heavy atom. The Balaban J connectivity index is 1.15. The summed E-state index contributed by atoms with van der Waals surface area (Å²) in [7, 11) is 0. The van der Waals surface area contributed by atoms with Crippen LogP contribution in [-0.4, -0.2) is 61.7 Å². The highest BCUT2D eigenvalue weighted by Gasteiger charge is 2.26. The molecule has 5 aromatic rings. The van der Waals surface area contributed by atoms with E-state index >= 15 is 0 Å². The van der Waals surface area contributed by atoms with Gasteiger partial charge in [-0.15, -0.1) is 10.2 Å². The van der Waals surface area contributed by atoms with Gasteiger partial charge in [0, 0.05) is 37.7 Å². The minimum absolute atomic E-state index is 0.0687. The molecule has 194 valence electrons. The Labute approximate surface area is 226 Å². The van der Waals surface area contributed by atoms with Crippen LogP contribution < -0.4 is 5.56 Å². The van der Waals surface area contributed by atoms with E-state index in [9.17, 15) is 4.79 Å². The van der Waals surface area contributed by atoms with Gasteiger partial charge in [-0.3, -0.25) is 18.7 Å². The van der Waals surface area contributed by atoms with Crippen molar-refractivity contribution in [3.05, 3.63) is 111 Å². The van der Waals surface area contributed by atoms with Crippen LogP contribution in [0.15, 0.2) is 83.7 Å². The van der Waals surface area contributed by atoms with Gasteiger partial charge in [0.25, 0.3) is 5.56 Å². The fraction of sp³-hybridized carbons (Fsp3) is 0.300. The third kappa shape index (κ3) is 4.73. The van der Waals surface area contributed by atoms with Crippen LogP contribution in [0.2, 0.25) is 5.02 Å². The molecule has 0 amide bonds. The van der Waals surface area contributed by atoms with Crippen LogP contribution in [0.3, 0.4) is 0 Å². The smallest absolute Gasteiger partial charge is 0.262 e. The summed E-state index contributed by atoms with van der Waals surface area (Å²) in [5.41, 5.74) is 3.38. The molecule has 1 saturated heterocycles. The SMILES string of the molecule is Cc1nnc2n(CCCN3CCN(C(c4ccccc4)c4ccccc4)CC3)c(=O)c3cc(Cl)ccc3n12. The lowest BCUT2D eigenvalue weighted by Gasteiger charge is -2.39. The molecule has 0 N–H and O–H groups in total. The second kappa shape index (κ2) is 10.7. The minimum Gasteiger partial charge on any atom is -0.301 e. The molecule has 3 aromatic carbocycles. The lowest BCUT2D eigenvalue weighted by atomic mass is 9.96. The molecule has 0 saturated carbocycles. The summed E-state index contributed by atoms with van der Waals surface area (Å²) in [6, 6.07) is 27.2. The largest absolute Gasteiger partial charge is 0.301 e. The summed E-state index contributed by atoms with van der Waals surface area (Å²) in [5.74, 6) is 1.34. The molecule has 0 unspecified atom stereocenters. The molecule has 0 radical (unpaired) electrons. The molecule has 7 nitrogen and oxygen atoms in total. The average Bonchev–Trinajstić information content (AvgIpc) is 3.34. The number of nitrogens with zero attached hydrogens (tertiary/aromatic N) is 6. The standard InChI is InChI=1S/C30H31ClN6O/c1-22-32-33-30-36(29(38)26-21-25(31)13-14-27(26)37(22)30)16-8-15-34-17-19-35(20-18-34)28(23-9-4-2-5-10-23)24-11-6-3-7-12-24/h2-7,9-14,21,28H,8,15-20H2,1H3. The van der Waals surface area contributed by atoms with Crippen LogP contribution in [-0.2, 0) is 6.54 Å². The summed E-state index contributed by atoms with van der Waals surface area (Å²) in [4.78, 5) is 18.5. The first-order chi connectivity index (χ1) is 18.6. The quantitative estimate of drug-likeness (QED) is 0.305. The second-order valence-electron chi connectivity index (χ2n) is 9.96. The van der Waals surface area contributed by atoms with Crippen molar-refractivity contribution in [2.45, 2.75) is 25.9 Å². The molecule has 0 spiro atoms. The Morgan fingerprint density at radius 2 is 1.50 bits per heavy atom. The first-order valence-electron chi connectivity index (χ1n) is 13.2. The second-order valence-corrected chi connectivity index (χ2v) is 10.4. The van der Waals surface area contributed by atoms with Gasteiger partial charge >= 0.3 is 0 Å². The Bertz CT molecular complexity index is 1570. The topological polar surface area (TPSA) is 58.7 Å². The van der Waals surface area contributed by atoms with Crippen molar-refractivity contribution >= 4 is 28.3 Å². The Hall–Kier alpha value is -3.52. The summed E-state index contributed by atoms with van der Waals surface area (Å²) < 4.78 is 3.69. The third-order valence-corrected chi connectivity index (χ3v) is 7.82. The highest BCUT2D eigenvalue weighted by atomic mass is 35.5. The molecule has 1 aliphatic heterocycles. The van der Waals surface area contributed by atoms with Gasteiger partial charge in [0.2, 0.25) is 5.78 Å². The molecule has 0 atom stereocenters. The maximum atomic E-state index is 13.4. The van der Waals surface area contributed by atoms with E-state index in [4.69, 9.17) is 11.6 Å². The summed E-state index contributed by atoms with van der Waals surface area (Å²) in [5, 5.41) is 9.72. The summed E-state index contributed by atoms with van der Waals surface area (Å²) in [6.45, 7) is 7.40. The lowest BCUT2D eigenvalue weighted by Crippen LogP contribution is -2.48. The molecule has 0 bridgehead atoms. The van der Waals surface area contributed by atoms with Crippen molar-refractivity contribution in [1.82, 2.24) is 29.0 Å². The maximum Gasteiger partial charge on any atom is 0.262 e. The molecule has 0 aliphatic carbocycles. The molecule has 1 fully saturated rings. The van der Waals surface area contributed by atoms with Crippen LogP contribution in [0.25, 0.3) is 16.7 Å². The fourth-order valence-corrected chi connectivity index (χ4v) is 5.87. The normalized spacial score (nSPS) is 15.1. The van der Waals surface area contributed by atoms with E-state index in [1.165, 1.54) is 11.1 Å². The predicted octanol–water partition coefficient (Wildman–Crippen LogP) is 4.80. The first kappa shape index (κ1) is 24.8. The van der Waals surface area contributed by atoms with E-state index in [-0.39, 0.29) is 11.6 Å². The summed E-state index contributed by atoms with van der Waals surface area (Å²) in [6.07, 6.45) is 0.856. The van der Waals surface area contributed by atoms with Gasteiger partial charge in [-0.1, -0.05) is 72.3 Å². The Kier molecular flexibility index (Phi) is 6.98. The van der Waals surface area contributed by atoms with Crippen molar-refractivity contribution in [3.8, 4) is 0 Å². The zero-order valence-electron chi connectivity index (χ0n) is 21.5. The number of benzene rings is 3. The molecule has 3 heterocycles. The van der Waals surface area contributed by atoms with E-state index in [0.717, 1.165) is 50.5 Å². The fourth-order valence-electron chi connectivity index (χ4n) is 5.70. The number of aryl methyl sites for hydroxylation is 2. The molecule has 2 aromatic heterocycles. The molecule has 6 rings (SSSR count). The number of hydrogen-bond acceptors (Lipinski definition) is 5.